The van der Waals surface area contributed by atoms with Crippen molar-refractivity contribution >= 4 is 12.0 Å². The number of nitrogens with one attached hydrogen (secondary N) is 1. The molecular weight excluding hydrogens is 256 g/mol. The molecule has 2 amide bonds. The molecule has 3 rings (SSSR count). The number of carbonyl (C=O) groups excluding carboxylic acids is 1. The summed E-state index contributed by atoms with van der Waals surface area (Å²) in [5.74, 6) is 1.29. The van der Waals surface area contributed by atoms with E-state index in [-0.39, 0.29) is 24.7 Å². The summed E-state index contributed by atoms with van der Waals surface area (Å²) in [6, 6.07) is 0.108. The molecule has 2 bridgehead atoms. The van der Waals surface area contributed by atoms with Gasteiger partial charge in [0, 0.05) is 12.1 Å². The van der Waals surface area contributed by atoms with Gasteiger partial charge < -0.3 is 15.3 Å². The maximum atomic E-state index is 12.3. The number of rotatable bonds is 5. The fraction of sp³-hybridized carbons (Fsp3) is 0.867. The predicted molar refractivity (Wildman–Crippen MR) is 74.3 cm³/mol. The Morgan fingerprint density at radius 1 is 1.25 bits per heavy atom. The van der Waals surface area contributed by atoms with Crippen LogP contribution in [0, 0.1) is 17.8 Å². The number of amides is 2. The van der Waals surface area contributed by atoms with Crippen molar-refractivity contribution in [2.45, 2.75) is 57.5 Å². The fourth-order valence-electron chi connectivity index (χ4n) is 4.19. The summed E-state index contributed by atoms with van der Waals surface area (Å²) in [5, 5.41) is 12.0. The van der Waals surface area contributed by atoms with E-state index in [9.17, 15) is 9.59 Å². The van der Waals surface area contributed by atoms with E-state index in [1.807, 2.05) is 0 Å². The normalized spacial score (nSPS) is 33.0. The summed E-state index contributed by atoms with van der Waals surface area (Å²) in [5.41, 5.74) is 0. The SMILES string of the molecule is CC(NC(=O)N(CC(=O)O)C1CC1)C1CC2CCC1C2. The van der Waals surface area contributed by atoms with Crippen LogP contribution in [0.25, 0.3) is 0 Å². The van der Waals surface area contributed by atoms with Crippen molar-refractivity contribution < 1.29 is 14.7 Å². The largest absolute Gasteiger partial charge is 0.480 e. The Kier molecular flexibility index (Phi) is 3.61. The second kappa shape index (κ2) is 5.26. The lowest BCUT2D eigenvalue weighted by molar-refractivity contribution is -0.137. The van der Waals surface area contributed by atoms with Crippen LogP contribution in [0.4, 0.5) is 4.79 Å². The van der Waals surface area contributed by atoms with Crippen LogP contribution in [-0.2, 0) is 4.79 Å². The molecule has 0 heterocycles. The number of carboxylic acids is 1. The van der Waals surface area contributed by atoms with Crippen LogP contribution in [0.3, 0.4) is 0 Å². The van der Waals surface area contributed by atoms with Gasteiger partial charge in [0.15, 0.2) is 0 Å². The van der Waals surface area contributed by atoms with Crippen molar-refractivity contribution in [1.82, 2.24) is 10.2 Å². The third-order valence-electron chi connectivity index (χ3n) is 5.34. The van der Waals surface area contributed by atoms with Crippen LogP contribution >= 0.6 is 0 Å². The number of hydrogen-bond donors (Lipinski definition) is 2. The van der Waals surface area contributed by atoms with Crippen molar-refractivity contribution in [3.05, 3.63) is 0 Å². The topological polar surface area (TPSA) is 69.6 Å². The van der Waals surface area contributed by atoms with Crippen LogP contribution in [0.5, 0.6) is 0 Å². The van der Waals surface area contributed by atoms with Gasteiger partial charge in [0.25, 0.3) is 0 Å². The van der Waals surface area contributed by atoms with E-state index >= 15 is 0 Å². The zero-order chi connectivity index (χ0) is 14.3. The summed E-state index contributed by atoms with van der Waals surface area (Å²) < 4.78 is 0. The highest BCUT2D eigenvalue weighted by molar-refractivity contribution is 5.80. The van der Waals surface area contributed by atoms with E-state index in [2.05, 4.69) is 12.2 Å². The van der Waals surface area contributed by atoms with Gasteiger partial charge in [0.2, 0.25) is 0 Å². The second-order valence-corrected chi connectivity index (χ2v) is 6.83. The van der Waals surface area contributed by atoms with Gasteiger partial charge >= 0.3 is 12.0 Å². The molecule has 4 atom stereocenters. The van der Waals surface area contributed by atoms with Crippen LogP contribution in [-0.4, -0.2) is 40.6 Å². The van der Waals surface area contributed by atoms with E-state index < -0.39 is 5.97 Å². The number of fused-ring (bicyclic) bond motifs is 2. The number of carboxylic acid groups (broad SMARTS) is 1. The Balaban J connectivity index is 1.55. The van der Waals surface area contributed by atoms with Crippen molar-refractivity contribution in [3.8, 4) is 0 Å². The molecule has 112 valence electrons. The first kappa shape index (κ1) is 13.7. The molecule has 3 aliphatic carbocycles. The molecular formula is C15H24N2O3. The van der Waals surface area contributed by atoms with Gasteiger partial charge in [-0.15, -0.1) is 0 Å². The standard InChI is InChI=1S/C15H24N2O3/c1-9(13-7-10-2-3-11(13)6-10)16-15(20)17(8-14(18)19)12-4-5-12/h9-13H,2-8H2,1H3,(H,16,20)(H,18,19). The van der Waals surface area contributed by atoms with Crippen LogP contribution in [0.2, 0.25) is 0 Å². The van der Waals surface area contributed by atoms with Gasteiger partial charge in [0.1, 0.15) is 6.54 Å². The van der Waals surface area contributed by atoms with E-state index in [0.717, 1.165) is 24.7 Å². The maximum Gasteiger partial charge on any atom is 0.323 e. The third-order valence-corrected chi connectivity index (χ3v) is 5.34. The number of carbonyl (C=O) groups is 2. The zero-order valence-electron chi connectivity index (χ0n) is 12.0. The smallest absolute Gasteiger partial charge is 0.323 e. The highest BCUT2D eigenvalue weighted by Gasteiger charge is 2.43. The second-order valence-electron chi connectivity index (χ2n) is 6.83. The molecule has 3 fully saturated rings. The fourth-order valence-corrected chi connectivity index (χ4v) is 4.19. The molecule has 0 aromatic carbocycles. The number of nitrogens with zero attached hydrogens (tertiary/aromatic N) is 1. The first-order valence-electron chi connectivity index (χ1n) is 7.83. The number of aliphatic carboxylic acids is 1. The minimum atomic E-state index is -0.931. The molecule has 2 N–H and O–H groups in total. The average Bonchev–Trinajstić information content (AvgIpc) is 3.01. The monoisotopic (exact) mass is 280 g/mol. The third kappa shape index (κ3) is 2.76. The lowest BCUT2D eigenvalue weighted by Crippen LogP contribution is -2.49. The number of hydrogen-bond acceptors (Lipinski definition) is 2. The maximum absolute atomic E-state index is 12.3. The molecule has 5 nitrogen and oxygen atoms in total. The van der Waals surface area contributed by atoms with Crippen LogP contribution < -0.4 is 5.32 Å². The van der Waals surface area contributed by atoms with E-state index in [4.69, 9.17) is 5.11 Å². The van der Waals surface area contributed by atoms with E-state index in [0.29, 0.717) is 5.92 Å². The highest BCUT2D eigenvalue weighted by Crippen LogP contribution is 2.49. The molecule has 4 unspecified atom stereocenters. The van der Waals surface area contributed by atoms with Gasteiger partial charge in [-0.05, 0) is 56.8 Å². The predicted octanol–water partition coefficient (Wildman–Crippen LogP) is 2.07. The van der Waals surface area contributed by atoms with Gasteiger partial charge in [-0.2, -0.15) is 0 Å². The summed E-state index contributed by atoms with van der Waals surface area (Å²) in [4.78, 5) is 24.6. The zero-order valence-corrected chi connectivity index (χ0v) is 12.0. The summed E-state index contributed by atoms with van der Waals surface area (Å²) in [7, 11) is 0. The molecule has 0 saturated heterocycles. The summed E-state index contributed by atoms with van der Waals surface area (Å²) >= 11 is 0. The first-order chi connectivity index (χ1) is 9.54. The Labute approximate surface area is 119 Å². The average molecular weight is 280 g/mol. The molecule has 3 saturated carbocycles. The first-order valence-corrected chi connectivity index (χ1v) is 7.83. The Morgan fingerprint density at radius 3 is 2.50 bits per heavy atom. The summed E-state index contributed by atoms with van der Waals surface area (Å²) in [6.45, 7) is 1.90. The summed E-state index contributed by atoms with van der Waals surface area (Å²) in [6.07, 6.45) is 7.08. The molecule has 20 heavy (non-hydrogen) atoms. The van der Waals surface area contributed by atoms with Crippen molar-refractivity contribution in [3.63, 3.8) is 0 Å². The number of urea groups is 1. The minimum absolute atomic E-state index is 0.137. The Morgan fingerprint density at radius 2 is 2.00 bits per heavy atom. The quantitative estimate of drug-likeness (QED) is 0.810. The molecule has 5 heteroatoms. The van der Waals surface area contributed by atoms with Crippen LogP contribution in [0.15, 0.2) is 0 Å². The molecule has 0 aromatic heterocycles. The Bertz CT molecular complexity index is 408. The lowest BCUT2D eigenvalue weighted by Gasteiger charge is -2.31. The molecule has 0 spiro atoms. The van der Waals surface area contributed by atoms with E-state index in [1.165, 1.54) is 30.6 Å². The molecule has 0 aromatic rings. The van der Waals surface area contributed by atoms with Crippen LogP contribution in [0.1, 0.15) is 45.4 Å². The van der Waals surface area contributed by atoms with Gasteiger partial charge in [-0.25, -0.2) is 4.79 Å². The highest BCUT2D eigenvalue weighted by atomic mass is 16.4. The van der Waals surface area contributed by atoms with Gasteiger partial charge in [-0.1, -0.05) is 6.42 Å². The molecule has 0 radical (unpaired) electrons. The van der Waals surface area contributed by atoms with Gasteiger partial charge in [-0.3, -0.25) is 4.79 Å². The van der Waals surface area contributed by atoms with Crippen molar-refractivity contribution in [2.75, 3.05) is 6.54 Å². The minimum Gasteiger partial charge on any atom is -0.480 e. The van der Waals surface area contributed by atoms with Crippen molar-refractivity contribution in [1.29, 1.82) is 0 Å². The Hall–Kier alpha value is -1.26. The van der Waals surface area contributed by atoms with Crippen molar-refractivity contribution in [2.24, 2.45) is 17.8 Å². The lowest BCUT2D eigenvalue weighted by atomic mass is 9.84. The molecule has 0 aliphatic heterocycles. The van der Waals surface area contributed by atoms with E-state index in [1.54, 1.807) is 0 Å². The van der Waals surface area contributed by atoms with Gasteiger partial charge in [0.05, 0.1) is 0 Å². The molecule has 3 aliphatic rings.